The Morgan fingerprint density at radius 3 is 2.33 bits per heavy atom. The third-order valence-corrected chi connectivity index (χ3v) is 1.54. The normalized spacial score (nSPS) is 34.0. The molecule has 1 rings (SSSR count). The molecule has 2 atom stereocenters. The van der Waals surface area contributed by atoms with Crippen molar-refractivity contribution in [3.63, 3.8) is 0 Å². The van der Waals surface area contributed by atoms with Crippen molar-refractivity contribution in [1.82, 2.24) is 5.32 Å². The number of aliphatic hydroxyl groups is 2. The van der Waals surface area contributed by atoms with Gasteiger partial charge in [-0.3, -0.25) is 0 Å². The fourth-order valence-electron chi connectivity index (χ4n) is 0.906. The third-order valence-electron chi connectivity index (χ3n) is 1.54. The maximum Gasteiger partial charge on any atom is 0.0726 e. The molecular weight excluding hydrogens is 142 g/mol. The number of hydrogen-bond donors (Lipinski definition) is 3. The Hall–Kier alpha value is 0.170. The second-order valence-corrected chi connectivity index (χ2v) is 2.17. The average molecular weight is 154 g/mol. The highest BCUT2D eigenvalue weighted by Crippen LogP contribution is 2.05. The summed E-state index contributed by atoms with van der Waals surface area (Å²) in [5, 5.41) is 20.5. The van der Waals surface area contributed by atoms with Crippen LogP contribution in [0.5, 0.6) is 0 Å². The van der Waals surface area contributed by atoms with Gasteiger partial charge in [0.05, 0.1) is 6.10 Å². The van der Waals surface area contributed by atoms with Crippen LogP contribution in [0.25, 0.3) is 0 Å². The lowest BCUT2D eigenvalue weighted by Gasteiger charge is -2.06. The molecular formula is C5H12ClNO2. The number of aliphatic hydroxyl groups excluding tert-OH is 2. The molecule has 1 aliphatic heterocycles. The molecule has 3 N–H and O–H groups in total. The molecule has 1 fully saturated rings. The Kier molecular flexibility index (Phi) is 4.14. The van der Waals surface area contributed by atoms with E-state index in [1.165, 1.54) is 0 Å². The van der Waals surface area contributed by atoms with E-state index in [1.54, 1.807) is 0 Å². The van der Waals surface area contributed by atoms with E-state index in [1.807, 2.05) is 0 Å². The summed E-state index contributed by atoms with van der Waals surface area (Å²) >= 11 is 0. The van der Waals surface area contributed by atoms with Crippen LogP contribution in [0.4, 0.5) is 0 Å². The fraction of sp³-hybridized carbons (Fsp3) is 1.00. The molecule has 9 heavy (non-hydrogen) atoms. The topological polar surface area (TPSA) is 52.5 Å². The van der Waals surface area contributed by atoms with E-state index in [0.29, 0.717) is 6.54 Å². The molecule has 0 spiro atoms. The lowest BCUT2D eigenvalue weighted by atomic mass is 10.1. The summed E-state index contributed by atoms with van der Waals surface area (Å²) in [6.07, 6.45) is -0.333. The molecule has 1 aliphatic rings. The summed E-state index contributed by atoms with van der Waals surface area (Å²) in [5.41, 5.74) is 0. The first kappa shape index (κ1) is 9.17. The van der Waals surface area contributed by atoms with Crippen molar-refractivity contribution in [2.24, 2.45) is 5.92 Å². The van der Waals surface area contributed by atoms with Crippen LogP contribution in [-0.2, 0) is 0 Å². The molecule has 0 saturated carbocycles. The van der Waals surface area contributed by atoms with Gasteiger partial charge in [0, 0.05) is 25.6 Å². The largest absolute Gasteiger partial charge is 0.396 e. The summed E-state index contributed by atoms with van der Waals surface area (Å²) in [6, 6.07) is 0. The van der Waals surface area contributed by atoms with Gasteiger partial charge in [-0.1, -0.05) is 0 Å². The van der Waals surface area contributed by atoms with Crippen LogP contribution in [-0.4, -0.2) is 36.0 Å². The van der Waals surface area contributed by atoms with Gasteiger partial charge >= 0.3 is 0 Å². The monoisotopic (exact) mass is 153 g/mol. The zero-order chi connectivity index (χ0) is 5.98. The van der Waals surface area contributed by atoms with E-state index in [0.717, 1.165) is 6.54 Å². The van der Waals surface area contributed by atoms with E-state index in [9.17, 15) is 0 Å². The third kappa shape index (κ3) is 2.10. The molecule has 1 heterocycles. The van der Waals surface area contributed by atoms with Crippen LogP contribution in [0.2, 0.25) is 0 Å². The molecule has 0 aromatic carbocycles. The van der Waals surface area contributed by atoms with Gasteiger partial charge in [0.15, 0.2) is 0 Å². The Bertz CT molecular complexity index is 81.4. The first-order valence-corrected chi connectivity index (χ1v) is 2.84. The molecule has 0 aromatic rings. The molecule has 0 radical (unpaired) electrons. The van der Waals surface area contributed by atoms with Gasteiger partial charge in [0.2, 0.25) is 0 Å². The van der Waals surface area contributed by atoms with Crippen LogP contribution < -0.4 is 5.32 Å². The molecule has 0 aliphatic carbocycles. The lowest BCUT2D eigenvalue weighted by molar-refractivity contribution is 0.104. The number of rotatable bonds is 1. The van der Waals surface area contributed by atoms with Gasteiger partial charge in [0.25, 0.3) is 0 Å². The van der Waals surface area contributed by atoms with Crippen molar-refractivity contribution in [2.75, 3.05) is 19.7 Å². The number of halogens is 1. The minimum atomic E-state index is -0.333. The smallest absolute Gasteiger partial charge is 0.0726 e. The van der Waals surface area contributed by atoms with Crippen LogP contribution in [0.15, 0.2) is 0 Å². The highest BCUT2D eigenvalue weighted by Gasteiger charge is 2.23. The number of nitrogens with one attached hydrogen (secondary N) is 1. The highest BCUT2D eigenvalue weighted by atomic mass is 35.5. The van der Waals surface area contributed by atoms with Crippen molar-refractivity contribution in [1.29, 1.82) is 0 Å². The molecule has 3 nitrogen and oxygen atoms in total. The number of β-amino-alcohol motifs (C(OH)–C–C–N with tert-alkyl or cyclic N) is 1. The zero-order valence-electron chi connectivity index (χ0n) is 5.08. The van der Waals surface area contributed by atoms with Crippen LogP contribution >= 0.6 is 12.4 Å². The standard InChI is InChI=1S/C5H11NO2.ClH/c7-3-4-1-6-2-5(4)8;/h4-8H,1-3H2;1H. The lowest BCUT2D eigenvalue weighted by Crippen LogP contribution is -2.20. The molecule has 2 unspecified atom stereocenters. The molecule has 0 bridgehead atoms. The van der Waals surface area contributed by atoms with Gasteiger partial charge in [0.1, 0.15) is 0 Å². The highest BCUT2D eigenvalue weighted by molar-refractivity contribution is 5.85. The zero-order valence-corrected chi connectivity index (χ0v) is 5.90. The molecule has 56 valence electrons. The minimum absolute atomic E-state index is 0. The first-order valence-electron chi connectivity index (χ1n) is 2.84. The van der Waals surface area contributed by atoms with Crippen molar-refractivity contribution < 1.29 is 10.2 Å². The predicted octanol–water partition coefficient (Wildman–Crippen LogP) is -1.02. The van der Waals surface area contributed by atoms with E-state index in [4.69, 9.17) is 10.2 Å². The van der Waals surface area contributed by atoms with Crippen molar-refractivity contribution >= 4 is 12.4 Å². The maximum atomic E-state index is 8.97. The molecule has 0 amide bonds. The molecule has 1 saturated heterocycles. The number of hydrogen-bond acceptors (Lipinski definition) is 3. The van der Waals surface area contributed by atoms with Crippen LogP contribution in [0.1, 0.15) is 0 Å². The second-order valence-electron chi connectivity index (χ2n) is 2.17. The molecule has 4 heteroatoms. The van der Waals surface area contributed by atoms with E-state index < -0.39 is 0 Å². The maximum absolute atomic E-state index is 8.97. The van der Waals surface area contributed by atoms with E-state index in [2.05, 4.69) is 5.32 Å². The predicted molar refractivity (Wildman–Crippen MR) is 36.7 cm³/mol. The van der Waals surface area contributed by atoms with Crippen molar-refractivity contribution in [3.05, 3.63) is 0 Å². The Balaban J connectivity index is 0.000000640. The SMILES string of the molecule is Cl.OCC1CNCC1O. The molecule has 0 aromatic heterocycles. The minimum Gasteiger partial charge on any atom is -0.396 e. The van der Waals surface area contributed by atoms with Crippen LogP contribution in [0, 0.1) is 5.92 Å². The summed E-state index contributed by atoms with van der Waals surface area (Å²) in [5.74, 6) is 0.0648. The van der Waals surface area contributed by atoms with Gasteiger partial charge in [-0.15, -0.1) is 12.4 Å². The Morgan fingerprint density at radius 1 is 1.44 bits per heavy atom. The van der Waals surface area contributed by atoms with Gasteiger partial charge in [-0.05, 0) is 0 Å². The van der Waals surface area contributed by atoms with Gasteiger partial charge in [-0.2, -0.15) is 0 Å². The first-order chi connectivity index (χ1) is 3.84. The summed E-state index contributed by atoms with van der Waals surface area (Å²) in [7, 11) is 0. The van der Waals surface area contributed by atoms with Gasteiger partial charge < -0.3 is 15.5 Å². The van der Waals surface area contributed by atoms with Gasteiger partial charge in [-0.25, -0.2) is 0 Å². The summed E-state index contributed by atoms with van der Waals surface area (Å²) in [6.45, 7) is 1.47. The average Bonchev–Trinajstić information content (AvgIpc) is 2.14. The Morgan fingerprint density at radius 2 is 2.11 bits per heavy atom. The van der Waals surface area contributed by atoms with Crippen LogP contribution in [0.3, 0.4) is 0 Å². The van der Waals surface area contributed by atoms with E-state index >= 15 is 0 Å². The quantitative estimate of drug-likeness (QED) is 0.452. The van der Waals surface area contributed by atoms with Crippen molar-refractivity contribution in [2.45, 2.75) is 6.10 Å². The summed E-state index contributed by atoms with van der Waals surface area (Å²) in [4.78, 5) is 0. The summed E-state index contributed by atoms with van der Waals surface area (Å²) < 4.78 is 0. The second kappa shape index (κ2) is 4.06. The van der Waals surface area contributed by atoms with E-state index in [-0.39, 0.29) is 31.0 Å². The fourth-order valence-corrected chi connectivity index (χ4v) is 0.906. The Labute approximate surface area is 60.5 Å². The van der Waals surface area contributed by atoms with Crippen molar-refractivity contribution in [3.8, 4) is 0 Å².